The van der Waals surface area contributed by atoms with Crippen LogP contribution in [0.3, 0.4) is 0 Å². The summed E-state index contributed by atoms with van der Waals surface area (Å²) in [7, 11) is 0. The van der Waals surface area contributed by atoms with Gasteiger partial charge in [0.25, 0.3) is 0 Å². The maximum absolute atomic E-state index is 13.0. The first-order chi connectivity index (χ1) is 15.4. The van der Waals surface area contributed by atoms with Gasteiger partial charge in [-0.2, -0.15) is 5.06 Å². The molecule has 0 radical (unpaired) electrons. The molecule has 2 aliphatic carbocycles. The molecule has 32 heavy (non-hydrogen) atoms. The lowest BCUT2D eigenvalue weighted by atomic mass is 9.70. The molecule has 5 rings (SSSR count). The summed E-state index contributed by atoms with van der Waals surface area (Å²) in [6, 6.07) is 0.294. The molecule has 0 unspecified atom stereocenters. The molecular weight excluding hydrogens is 402 g/mol. The first-order valence-corrected chi connectivity index (χ1v) is 13.7. The van der Waals surface area contributed by atoms with Gasteiger partial charge in [0.2, 0.25) is 0 Å². The van der Waals surface area contributed by atoms with Gasteiger partial charge in [-0.1, -0.05) is 79.1 Å². The van der Waals surface area contributed by atoms with Gasteiger partial charge in [0.15, 0.2) is 0 Å². The van der Waals surface area contributed by atoms with Crippen molar-refractivity contribution in [3.63, 3.8) is 0 Å². The van der Waals surface area contributed by atoms with Gasteiger partial charge in [-0.05, 0) is 37.0 Å². The SMILES string of the molecule is CCCCCCCCCCC[C@@H]1C[C@H]2ON3[C@@H]4[C@H]5CC[C@@](C)([C@@H]4O[C@H]3[C@H]2C(=O)O1)C5(C)C. The molecule has 0 aromatic heterocycles. The second kappa shape index (κ2) is 8.85. The van der Waals surface area contributed by atoms with E-state index in [0.717, 1.165) is 19.3 Å². The highest BCUT2D eigenvalue weighted by molar-refractivity contribution is 5.75. The van der Waals surface area contributed by atoms with Crippen molar-refractivity contribution in [2.75, 3.05) is 0 Å². The summed E-state index contributed by atoms with van der Waals surface area (Å²) in [5.74, 6) is 0.217. The van der Waals surface area contributed by atoms with E-state index < -0.39 is 0 Å². The first-order valence-electron chi connectivity index (χ1n) is 13.7. The van der Waals surface area contributed by atoms with Gasteiger partial charge in [-0.25, -0.2) is 0 Å². The zero-order chi connectivity index (χ0) is 22.5. The average molecular weight is 448 g/mol. The van der Waals surface area contributed by atoms with Crippen LogP contribution < -0.4 is 0 Å². The standard InChI is InChI=1S/C27H45NO4/c1-5-6-7-8-9-10-11-12-13-14-18-17-20-21(25(29)30-18)24-28(32-20)22-19-15-16-27(4,23(22)31-24)26(19,2)3/h18-24H,5-17H2,1-4H3/t18-,19-,20-,21+,22-,23-,24+,27+/m1/s1. The van der Waals surface area contributed by atoms with Crippen LogP contribution >= 0.6 is 0 Å². The van der Waals surface area contributed by atoms with Gasteiger partial charge in [-0.15, -0.1) is 0 Å². The summed E-state index contributed by atoms with van der Waals surface area (Å²) in [6.07, 6.45) is 16.0. The molecule has 3 heterocycles. The van der Waals surface area contributed by atoms with Crippen molar-refractivity contribution in [1.29, 1.82) is 0 Å². The fourth-order valence-electron chi connectivity index (χ4n) is 7.82. The van der Waals surface area contributed by atoms with E-state index >= 15 is 0 Å². The van der Waals surface area contributed by atoms with Crippen molar-refractivity contribution in [2.45, 2.75) is 142 Å². The second-order valence-corrected chi connectivity index (χ2v) is 12.2. The van der Waals surface area contributed by atoms with Crippen LogP contribution in [0.5, 0.6) is 0 Å². The highest BCUT2D eigenvalue weighted by Gasteiger charge is 2.74. The molecule has 0 amide bonds. The largest absolute Gasteiger partial charge is 0.462 e. The van der Waals surface area contributed by atoms with Crippen LogP contribution in [0.25, 0.3) is 0 Å². The number of cyclic esters (lactones) is 1. The number of hydrogen-bond donors (Lipinski definition) is 0. The lowest BCUT2D eigenvalue weighted by molar-refractivity contribution is -0.203. The molecule has 3 aliphatic heterocycles. The van der Waals surface area contributed by atoms with Gasteiger partial charge < -0.3 is 9.47 Å². The zero-order valence-corrected chi connectivity index (χ0v) is 20.8. The van der Waals surface area contributed by atoms with Crippen LogP contribution in [-0.4, -0.2) is 41.6 Å². The smallest absolute Gasteiger partial charge is 0.316 e. The summed E-state index contributed by atoms with van der Waals surface area (Å²) in [5, 5.41) is 2.11. The van der Waals surface area contributed by atoms with Crippen LogP contribution in [0.2, 0.25) is 0 Å². The molecule has 0 aromatic carbocycles. The Morgan fingerprint density at radius 1 is 1.00 bits per heavy atom. The first kappa shape index (κ1) is 23.1. The molecule has 0 N–H and O–H groups in total. The molecular formula is C27H45NO4. The summed E-state index contributed by atoms with van der Waals surface area (Å²) < 4.78 is 12.5. The Morgan fingerprint density at radius 2 is 1.69 bits per heavy atom. The topological polar surface area (TPSA) is 48.0 Å². The number of nitrogens with zero attached hydrogens (tertiary/aromatic N) is 1. The normalized spacial score (nSPS) is 43.9. The highest BCUT2D eigenvalue weighted by atomic mass is 16.8. The Kier molecular flexibility index (Phi) is 6.39. The Hall–Kier alpha value is -0.650. The van der Waals surface area contributed by atoms with Gasteiger partial charge in [-0.3, -0.25) is 9.63 Å². The summed E-state index contributed by atoms with van der Waals surface area (Å²) in [6.45, 7) is 9.46. The van der Waals surface area contributed by atoms with E-state index in [1.54, 1.807) is 0 Å². The number of rotatable bonds is 10. The quantitative estimate of drug-likeness (QED) is 0.303. The number of unbranched alkanes of at least 4 members (excludes halogenated alkanes) is 8. The minimum atomic E-state index is -0.272. The summed E-state index contributed by atoms with van der Waals surface area (Å²) >= 11 is 0. The van der Waals surface area contributed by atoms with Gasteiger partial charge >= 0.3 is 5.97 Å². The number of hydrogen-bond acceptors (Lipinski definition) is 5. The molecule has 2 bridgehead atoms. The van der Waals surface area contributed by atoms with Crippen LogP contribution in [0.4, 0.5) is 0 Å². The molecule has 2 saturated carbocycles. The molecule has 5 nitrogen and oxygen atoms in total. The predicted molar refractivity (Wildman–Crippen MR) is 124 cm³/mol. The highest BCUT2D eigenvalue weighted by Crippen LogP contribution is 2.70. The number of fused-ring (bicyclic) bond motifs is 9. The lowest BCUT2D eigenvalue weighted by Crippen LogP contribution is -2.45. The van der Waals surface area contributed by atoms with Gasteiger partial charge in [0.05, 0.1) is 12.1 Å². The molecule has 8 atom stereocenters. The minimum absolute atomic E-state index is 0.0121. The Bertz CT molecular complexity index is 695. The Morgan fingerprint density at radius 3 is 2.41 bits per heavy atom. The van der Waals surface area contributed by atoms with E-state index in [1.807, 2.05) is 0 Å². The maximum Gasteiger partial charge on any atom is 0.316 e. The fraction of sp³-hybridized carbons (Fsp3) is 0.963. The molecule has 3 saturated heterocycles. The number of hydroxylamine groups is 2. The van der Waals surface area contributed by atoms with Crippen LogP contribution in [0, 0.1) is 22.7 Å². The van der Waals surface area contributed by atoms with Gasteiger partial charge in [0, 0.05) is 11.8 Å². The third-order valence-electron chi connectivity index (χ3n) is 10.2. The molecule has 0 spiro atoms. The van der Waals surface area contributed by atoms with E-state index in [-0.39, 0.29) is 47.3 Å². The molecule has 0 aromatic rings. The monoisotopic (exact) mass is 447 g/mol. The van der Waals surface area contributed by atoms with E-state index in [0.29, 0.717) is 12.0 Å². The van der Waals surface area contributed by atoms with Crippen LogP contribution in [0.1, 0.15) is 111 Å². The number of carbonyl (C=O) groups excluding carboxylic acids is 1. The van der Waals surface area contributed by atoms with Crippen LogP contribution in [0.15, 0.2) is 0 Å². The minimum Gasteiger partial charge on any atom is -0.462 e. The number of ether oxygens (including phenoxy) is 2. The fourth-order valence-corrected chi connectivity index (χ4v) is 7.82. The zero-order valence-electron chi connectivity index (χ0n) is 20.8. The van der Waals surface area contributed by atoms with E-state index in [9.17, 15) is 4.79 Å². The van der Waals surface area contributed by atoms with Crippen molar-refractivity contribution in [2.24, 2.45) is 22.7 Å². The molecule has 5 fully saturated rings. The van der Waals surface area contributed by atoms with Crippen LogP contribution in [-0.2, 0) is 19.1 Å². The predicted octanol–water partition coefficient (Wildman–Crippen LogP) is 6.00. The molecule has 5 heteroatoms. The van der Waals surface area contributed by atoms with Gasteiger partial charge in [0.1, 0.15) is 24.4 Å². The van der Waals surface area contributed by atoms with Crippen molar-refractivity contribution < 1.29 is 19.1 Å². The molecule has 5 aliphatic rings. The Labute approximate surface area is 194 Å². The van der Waals surface area contributed by atoms with Crippen molar-refractivity contribution in [3.8, 4) is 0 Å². The Balaban J connectivity index is 1.10. The third-order valence-corrected chi connectivity index (χ3v) is 10.2. The van der Waals surface area contributed by atoms with Crippen molar-refractivity contribution in [3.05, 3.63) is 0 Å². The van der Waals surface area contributed by atoms with E-state index in [1.165, 1.54) is 64.2 Å². The summed E-state index contributed by atoms with van der Waals surface area (Å²) in [4.78, 5) is 19.5. The lowest BCUT2D eigenvalue weighted by Gasteiger charge is -2.39. The summed E-state index contributed by atoms with van der Waals surface area (Å²) in [5.41, 5.74) is 0.423. The maximum atomic E-state index is 13.0. The average Bonchev–Trinajstić information content (AvgIpc) is 3.39. The third kappa shape index (κ3) is 3.56. The van der Waals surface area contributed by atoms with Crippen molar-refractivity contribution >= 4 is 5.97 Å². The molecule has 182 valence electrons. The number of esters is 1. The van der Waals surface area contributed by atoms with E-state index in [2.05, 4.69) is 32.8 Å². The van der Waals surface area contributed by atoms with Crippen molar-refractivity contribution in [1.82, 2.24) is 5.06 Å². The second-order valence-electron chi connectivity index (χ2n) is 12.2. The number of carbonyl (C=O) groups is 1. The van der Waals surface area contributed by atoms with E-state index in [4.69, 9.17) is 14.3 Å².